The molecule has 0 saturated heterocycles. The third kappa shape index (κ3) is 7.90. The van der Waals surface area contributed by atoms with Crippen LogP contribution in [0.4, 0.5) is 8.78 Å². The van der Waals surface area contributed by atoms with E-state index in [4.69, 9.17) is 19.9 Å². The zero-order valence-electron chi connectivity index (χ0n) is 20.7. The summed E-state index contributed by atoms with van der Waals surface area (Å²) in [4.78, 5) is 11.9. The zero-order chi connectivity index (χ0) is 27.3. The lowest BCUT2D eigenvalue weighted by atomic mass is 10.0. The summed E-state index contributed by atoms with van der Waals surface area (Å²) < 4.78 is 70.6. The average molecular weight is 547 g/mol. The number of carbonyl (C=O) groups is 1. The number of hydrogen-bond donors (Lipinski definition) is 2. The van der Waals surface area contributed by atoms with Crippen LogP contribution in [0.5, 0.6) is 17.2 Å². The summed E-state index contributed by atoms with van der Waals surface area (Å²) in [5.41, 5.74) is 6.63. The third-order valence-electron chi connectivity index (χ3n) is 5.64. The third-order valence-corrected chi connectivity index (χ3v) is 6.20. The van der Waals surface area contributed by atoms with Crippen molar-refractivity contribution >= 4 is 15.9 Å². The number of carbonyl (C=O) groups excluding carboxylic acids is 1. The molecule has 38 heavy (non-hydrogen) atoms. The maximum absolute atomic E-state index is 14.6. The van der Waals surface area contributed by atoms with Gasteiger partial charge in [-0.05, 0) is 66.3 Å². The van der Waals surface area contributed by atoms with Gasteiger partial charge in [0.1, 0.15) is 42.1 Å². The van der Waals surface area contributed by atoms with Crippen LogP contribution in [0.25, 0.3) is 11.1 Å². The van der Waals surface area contributed by atoms with Crippen molar-refractivity contribution < 1.29 is 36.2 Å². The van der Waals surface area contributed by atoms with Crippen LogP contribution in [-0.2, 0) is 16.6 Å². The number of nitrogens with one attached hydrogen (secondary N) is 1. The number of rotatable bonds is 12. The number of nitrogens with two attached hydrogens (primary N) is 1. The fraction of sp³-hybridized carbons (Fsp3) is 0.296. The lowest BCUT2D eigenvalue weighted by molar-refractivity contribution is 0.0981. The Morgan fingerprint density at radius 3 is 2.24 bits per heavy atom. The normalized spacial score (nSPS) is 13.2. The molecule has 1 saturated carbocycles. The first-order chi connectivity index (χ1) is 18.1. The Morgan fingerprint density at radius 2 is 1.61 bits per heavy atom. The van der Waals surface area contributed by atoms with Crippen molar-refractivity contribution in [3.8, 4) is 28.4 Å². The second-order valence-electron chi connectivity index (χ2n) is 9.06. The first kappa shape index (κ1) is 27.3. The van der Waals surface area contributed by atoms with E-state index < -0.39 is 27.6 Å². The van der Waals surface area contributed by atoms with Gasteiger partial charge in [-0.15, -0.1) is 0 Å². The Hall–Kier alpha value is -3.70. The fourth-order valence-electron chi connectivity index (χ4n) is 3.59. The van der Waals surface area contributed by atoms with Crippen molar-refractivity contribution in [3.63, 3.8) is 0 Å². The van der Waals surface area contributed by atoms with Crippen LogP contribution in [-0.4, -0.2) is 40.3 Å². The first-order valence-electron chi connectivity index (χ1n) is 11.9. The Morgan fingerprint density at radius 1 is 0.947 bits per heavy atom. The number of sulfonamides is 1. The van der Waals surface area contributed by atoms with Crippen molar-refractivity contribution in [2.45, 2.75) is 19.4 Å². The number of hydrogen-bond acceptors (Lipinski definition) is 7. The fourth-order valence-corrected chi connectivity index (χ4v) is 4.04. The van der Waals surface area contributed by atoms with Crippen molar-refractivity contribution in [3.05, 3.63) is 77.4 Å². The molecule has 0 radical (unpaired) electrons. The molecule has 0 bridgehead atoms. The lowest BCUT2D eigenvalue weighted by Gasteiger charge is -2.14. The van der Waals surface area contributed by atoms with Crippen molar-refractivity contribution in [2.75, 3.05) is 26.0 Å². The van der Waals surface area contributed by atoms with E-state index in [1.807, 2.05) is 0 Å². The molecule has 0 unspecified atom stereocenters. The van der Waals surface area contributed by atoms with E-state index in [9.17, 15) is 22.0 Å². The van der Waals surface area contributed by atoms with Crippen LogP contribution in [0.1, 0.15) is 28.8 Å². The van der Waals surface area contributed by atoms with E-state index >= 15 is 0 Å². The molecule has 3 aromatic rings. The summed E-state index contributed by atoms with van der Waals surface area (Å²) in [5, 5.41) is 0. The monoisotopic (exact) mass is 546 g/mol. The van der Waals surface area contributed by atoms with Crippen molar-refractivity contribution in [1.29, 1.82) is 0 Å². The van der Waals surface area contributed by atoms with Gasteiger partial charge in [-0.2, -0.15) is 0 Å². The molecular formula is C27H28F2N2O6S. The smallest absolute Gasteiger partial charge is 0.264 e. The average Bonchev–Trinajstić information content (AvgIpc) is 3.69. The van der Waals surface area contributed by atoms with E-state index in [1.165, 1.54) is 24.3 Å². The highest BCUT2D eigenvalue weighted by molar-refractivity contribution is 7.89. The zero-order valence-corrected chi connectivity index (χ0v) is 21.5. The predicted molar refractivity (Wildman–Crippen MR) is 138 cm³/mol. The summed E-state index contributed by atoms with van der Waals surface area (Å²) in [5.74, 6) is -0.448. The molecule has 3 aromatic carbocycles. The highest BCUT2D eigenvalue weighted by Gasteiger charge is 2.22. The van der Waals surface area contributed by atoms with Crippen LogP contribution in [0, 0.1) is 17.6 Å². The van der Waals surface area contributed by atoms with Gasteiger partial charge in [-0.25, -0.2) is 21.9 Å². The minimum Gasteiger partial charge on any atom is -0.493 e. The highest BCUT2D eigenvalue weighted by atomic mass is 32.2. The minimum absolute atomic E-state index is 0.0969. The van der Waals surface area contributed by atoms with E-state index in [0.717, 1.165) is 25.2 Å². The SMILES string of the molecule is CS(=O)(=O)NC(=O)c1ccc(COc2cc(F)cc(-c3cc(OCCN)cc(OCC4CC4)c3)c2)c(F)c1. The molecule has 1 fully saturated rings. The summed E-state index contributed by atoms with van der Waals surface area (Å²) >= 11 is 0. The van der Waals surface area contributed by atoms with Crippen LogP contribution in [0.15, 0.2) is 54.6 Å². The van der Waals surface area contributed by atoms with Crippen LogP contribution < -0.4 is 24.7 Å². The topological polar surface area (TPSA) is 117 Å². The van der Waals surface area contributed by atoms with Gasteiger partial charge in [-0.1, -0.05) is 6.07 Å². The summed E-state index contributed by atoms with van der Waals surface area (Å²) in [7, 11) is -3.79. The molecule has 202 valence electrons. The standard InChI is InChI=1S/C27H28F2N2O6S/c1-38(33,34)31-27(32)18-4-5-19(26(29)12-18)16-37-23-9-20(8-22(28)13-23)21-10-24(35-7-6-30)14-25(11-21)36-15-17-2-3-17/h4-5,8-14,17H,2-3,6-7,15-16,30H2,1H3,(H,31,32). The molecule has 1 aliphatic rings. The quantitative estimate of drug-likeness (QED) is 0.352. The van der Waals surface area contributed by atoms with Gasteiger partial charge >= 0.3 is 0 Å². The van der Waals surface area contributed by atoms with Crippen molar-refractivity contribution in [2.24, 2.45) is 11.7 Å². The predicted octanol–water partition coefficient (Wildman–Crippen LogP) is 4.03. The van der Waals surface area contributed by atoms with Crippen molar-refractivity contribution in [1.82, 2.24) is 4.72 Å². The summed E-state index contributed by atoms with van der Waals surface area (Å²) in [6.45, 7) is 0.985. The van der Waals surface area contributed by atoms with Gasteiger partial charge in [0.15, 0.2) is 0 Å². The summed E-state index contributed by atoms with van der Waals surface area (Å²) in [6, 6.07) is 12.9. The summed E-state index contributed by atoms with van der Waals surface area (Å²) in [6.07, 6.45) is 3.10. The van der Waals surface area contributed by atoms with Gasteiger partial charge < -0.3 is 19.9 Å². The largest absolute Gasteiger partial charge is 0.493 e. The Labute approximate surface area is 219 Å². The molecule has 0 aromatic heterocycles. The Bertz CT molecular complexity index is 1430. The number of benzene rings is 3. The maximum Gasteiger partial charge on any atom is 0.264 e. The first-order valence-corrected chi connectivity index (χ1v) is 13.8. The Balaban J connectivity index is 1.51. The molecule has 8 nitrogen and oxygen atoms in total. The molecule has 1 aliphatic carbocycles. The van der Waals surface area contributed by atoms with E-state index in [-0.39, 0.29) is 23.5 Å². The van der Waals surface area contributed by atoms with Gasteiger partial charge in [-0.3, -0.25) is 4.79 Å². The number of halogens is 2. The van der Waals surface area contributed by atoms with Gasteiger partial charge in [0.25, 0.3) is 5.91 Å². The van der Waals surface area contributed by atoms with E-state index in [0.29, 0.717) is 48.3 Å². The molecule has 4 rings (SSSR count). The van der Waals surface area contributed by atoms with Gasteiger partial charge in [0.2, 0.25) is 10.0 Å². The molecule has 0 heterocycles. The molecule has 0 spiro atoms. The van der Waals surface area contributed by atoms with Gasteiger partial charge in [0.05, 0.1) is 12.9 Å². The molecule has 11 heteroatoms. The van der Waals surface area contributed by atoms with Gasteiger partial charge in [0, 0.05) is 29.8 Å². The number of amides is 1. The molecule has 1 amide bonds. The lowest BCUT2D eigenvalue weighted by Crippen LogP contribution is -2.29. The Kier molecular flexibility index (Phi) is 8.48. The van der Waals surface area contributed by atoms with E-state index in [2.05, 4.69) is 0 Å². The second kappa shape index (κ2) is 11.8. The van der Waals surface area contributed by atoms with Crippen LogP contribution in [0.2, 0.25) is 0 Å². The maximum atomic E-state index is 14.6. The van der Waals surface area contributed by atoms with Crippen LogP contribution in [0.3, 0.4) is 0 Å². The van der Waals surface area contributed by atoms with Crippen LogP contribution >= 0.6 is 0 Å². The van der Waals surface area contributed by atoms with E-state index in [1.54, 1.807) is 29.0 Å². The molecule has 0 aliphatic heterocycles. The highest BCUT2D eigenvalue weighted by Crippen LogP contribution is 2.35. The molecule has 0 atom stereocenters. The molecular weight excluding hydrogens is 518 g/mol. The number of ether oxygens (including phenoxy) is 3. The molecule has 3 N–H and O–H groups in total. The second-order valence-corrected chi connectivity index (χ2v) is 10.8. The minimum atomic E-state index is -3.79.